The average Bonchev–Trinajstić information content (AvgIpc) is 2.83. The van der Waals surface area contributed by atoms with Crippen LogP contribution in [-0.4, -0.2) is 12.1 Å². The van der Waals surface area contributed by atoms with Crippen LogP contribution in [0.4, 0.5) is 0 Å². The molecule has 0 amide bonds. The van der Waals surface area contributed by atoms with Crippen LogP contribution in [0.25, 0.3) is 0 Å². The summed E-state index contributed by atoms with van der Waals surface area (Å²) in [6, 6.07) is 11.4. The predicted octanol–water partition coefficient (Wildman–Crippen LogP) is 8.27. The largest absolute Gasteiger partial charge is 0.461 e. The van der Waals surface area contributed by atoms with Crippen molar-refractivity contribution in [3.8, 4) is 6.07 Å². The summed E-state index contributed by atoms with van der Waals surface area (Å²) in [7, 11) is 0. The Bertz CT molecular complexity index is 697. The van der Waals surface area contributed by atoms with Crippen LogP contribution in [0, 0.1) is 16.7 Å². The van der Waals surface area contributed by atoms with Crippen LogP contribution < -0.4 is 0 Å². The van der Waals surface area contributed by atoms with Gasteiger partial charge in [0.1, 0.15) is 6.10 Å². The molecule has 1 unspecified atom stereocenters. The zero-order chi connectivity index (χ0) is 23.2. The Morgan fingerprint density at radius 2 is 1.50 bits per heavy atom. The molecule has 32 heavy (non-hydrogen) atoms. The minimum atomic E-state index is -1.01. The summed E-state index contributed by atoms with van der Waals surface area (Å²) in [6.07, 6.45) is 17.9. The molecule has 0 heterocycles. The van der Waals surface area contributed by atoms with E-state index in [1.54, 1.807) is 6.92 Å². The van der Waals surface area contributed by atoms with Crippen molar-refractivity contribution in [2.24, 2.45) is 5.41 Å². The summed E-state index contributed by atoms with van der Waals surface area (Å²) >= 11 is 0. The first-order valence-corrected chi connectivity index (χ1v) is 13.2. The first kappa shape index (κ1) is 26.4. The molecule has 1 saturated carbocycles. The summed E-state index contributed by atoms with van der Waals surface area (Å²) in [6.45, 7) is 5.81. The minimum absolute atomic E-state index is 0.0381. The van der Waals surface area contributed by atoms with E-state index in [2.05, 4.69) is 37.3 Å². The molecule has 1 aromatic rings. The van der Waals surface area contributed by atoms with Crippen molar-refractivity contribution in [3.05, 3.63) is 35.4 Å². The van der Waals surface area contributed by atoms with E-state index in [1.165, 1.54) is 75.3 Å². The second-order valence-corrected chi connectivity index (χ2v) is 10.00. The molecule has 1 aromatic carbocycles. The number of unbranched alkanes of at least 4 members (excludes halogenated alkanes) is 8. The highest BCUT2D eigenvalue weighted by molar-refractivity contribution is 5.79. The molecule has 2 rings (SSSR count). The van der Waals surface area contributed by atoms with E-state index in [-0.39, 0.29) is 12.1 Å². The van der Waals surface area contributed by atoms with Gasteiger partial charge in [-0.2, -0.15) is 5.26 Å². The second kappa shape index (κ2) is 14.4. The smallest absolute Gasteiger partial charge is 0.326 e. The fourth-order valence-electron chi connectivity index (χ4n) is 4.66. The number of carbonyl (C=O) groups excluding carboxylic acids is 1. The number of nitriles is 1. The van der Waals surface area contributed by atoms with Crippen molar-refractivity contribution >= 4 is 5.97 Å². The first-order valence-electron chi connectivity index (χ1n) is 13.2. The quantitative estimate of drug-likeness (QED) is 0.216. The lowest BCUT2D eigenvalue weighted by Gasteiger charge is -2.30. The first-order chi connectivity index (χ1) is 15.5. The molecule has 0 saturated heterocycles. The van der Waals surface area contributed by atoms with E-state index in [4.69, 9.17) is 4.74 Å². The molecule has 0 radical (unpaired) electrons. The van der Waals surface area contributed by atoms with Crippen molar-refractivity contribution in [3.63, 3.8) is 0 Å². The molecular weight excluding hydrogens is 394 g/mol. The van der Waals surface area contributed by atoms with Crippen LogP contribution in [-0.2, 0) is 16.0 Å². The maximum Gasteiger partial charge on any atom is 0.326 e. The normalized spacial score (nSPS) is 20.3. The maximum atomic E-state index is 12.3. The highest BCUT2D eigenvalue weighted by Crippen LogP contribution is 2.35. The van der Waals surface area contributed by atoms with Gasteiger partial charge in [-0.05, 0) is 68.9 Å². The summed E-state index contributed by atoms with van der Waals surface area (Å²) in [5, 5.41) is 9.28. The van der Waals surface area contributed by atoms with Gasteiger partial charge in [-0.25, -0.2) is 0 Å². The fourth-order valence-corrected chi connectivity index (χ4v) is 4.66. The lowest BCUT2D eigenvalue weighted by Crippen LogP contribution is -2.33. The molecular formula is C29H45NO2. The molecule has 1 aliphatic carbocycles. The van der Waals surface area contributed by atoms with Crippen LogP contribution in [0.5, 0.6) is 0 Å². The SMILES string of the molecule is CCCCCCCCCCCc1ccc(C2CCC(OC(=O)C(C)(C#N)CC)CC2)cc1. The highest BCUT2D eigenvalue weighted by Gasteiger charge is 2.35. The zero-order valence-electron chi connectivity index (χ0n) is 20.8. The van der Waals surface area contributed by atoms with Gasteiger partial charge in [0.25, 0.3) is 0 Å². The van der Waals surface area contributed by atoms with Crippen molar-refractivity contribution in [2.45, 2.75) is 129 Å². The van der Waals surface area contributed by atoms with Crippen molar-refractivity contribution in [1.82, 2.24) is 0 Å². The third kappa shape index (κ3) is 8.61. The maximum absolute atomic E-state index is 12.3. The van der Waals surface area contributed by atoms with Gasteiger partial charge < -0.3 is 4.74 Å². The van der Waals surface area contributed by atoms with Crippen LogP contribution in [0.1, 0.15) is 128 Å². The Morgan fingerprint density at radius 3 is 2.03 bits per heavy atom. The lowest BCUT2D eigenvalue weighted by atomic mass is 9.82. The van der Waals surface area contributed by atoms with Gasteiger partial charge in [0, 0.05) is 0 Å². The zero-order valence-corrected chi connectivity index (χ0v) is 20.8. The van der Waals surface area contributed by atoms with Crippen molar-refractivity contribution < 1.29 is 9.53 Å². The minimum Gasteiger partial charge on any atom is -0.461 e. The molecule has 0 bridgehead atoms. The van der Waals surface area contributed by atoms with E-state index >= 15 is 0 Å². The molecule has 0 aliphatic heterocycles. The monoisotopic (exact) mass is 439 g/mol. The van der Waals surface area contributed by atoms with Crippen LogP contribution in [0.15, 0.2) is 24.3 Å². The van der Waals surface area contributed by atoms with Gasteiger partial charge in [0.05, 0.1) is 6.07 Å². The summed E-state index contributed by atoms with van der Waals surface area (Å²) in [5.41, 5.74) is 1.86. The van der Waals surface area contributed by atoms with Crippen molar-refractivity contribution in [1.29, 1.82) is 5.26 Å². The standard InChI is InChI=1S/C29H45NO2/c1-4-6-7-8-9-10-11-12-13-14-24-15-17-25(18-16-24)26-19-21-27(22-20-26)32-28(31)29(3,5-2)23-30/h15-18,26-27H,4-14,19-22H2,1-3H3. The third-order valence-electron chi connectivity index (χ3n) is 7.37. The Morgan fingerprint density at radius 1 is 0.938 bits per heavy atom. The average molecular weight is 440 g/mol. The number of hydrogen-bond acceptors (Lipinski definition) is 3. The van der Waals surface area contributed by atoms with Gasteiger partial charge in [-0.15, -0.1) is 0 Å². The topological polar surface area (TPSA) is 50.1 Å². The molecule has 0 N–H and O–H groups in total. The molecule has 3 nitrogen and oxygen atoms in total. The number of carbonyl (C=O) groups is 1. The van der Waals surface area contributed by atoms with E-state index in [9.17, 15) is 10.1 Å². The molecule has 1 fully saturated rings. The second-order valence-electron chi connectivity index (χ2n) is 10.00. The Labute approximate surface area is 196 Å². The molecule has 178 valence electrons. The van der Waals surface area contributed by atoms with E-state index < -0.39 is 5.41 Å². The summed E-state index contributed by atoms with van der Waals surface area (Å²) in [5.74, 6) is 0.201. The number of aryl methyl sites for hydroxylation is 1. The number of hydrogen-bond donors (Lipinski definition) is 0. The van der Waals surface area contributed by atoms with Gasteiger partial charge in [-0.3, -0.25) is 4.79 Å². The predicted molar refractivity (Wildman–Crippen MR) is 132 cm³/mol. The number of esters is 1. The van der Waals surface area contributed by atoms with Gasteiger partial charge in [-0.1, -0.05) is 89.5 Å². The molecule has 1 atom stereocenters. The van der Waals surface area contributed by atoms with E-state index in [0.29, 0.717) is 12.3 Å². The Balaban J connectivity index is 1.65. The Hall–Kier alpha value is -1.82. The van der Waals surface area contributed by atoms with Crippen LogP contribution in [0.3, 0.4) is 0 Å². The molecule has 3 heteroatoms. The van der Waals surface area contributed by atoms with E-state index in [1.807, 2.05) is 6.92 Å². The lowest BCUT2D eigenvalue weighted by molar-refractivity contribution is -0.159. The summed E-state index contributed by atoms with van der Waals surface area (Å²) in [4.78, 5) is 12.3. The number of benzene rings is 1. The van der Waals surface area contributed by atoms with Crippen LogP contribution >= 0.6 is 0 Å². The van der Waals surface area contributed by atoms with Gasteiger partial charge in [0.2, 0.25) is 0 Å². The van der Waals surface area contributed by atoms with Crippen LogP contribution in [0.2, 0.25) is 0 Å². The van der Waals surface area contributed by atoms with Crippen molar-refractivity contribution in [2.75, 3.05) is 0 Å². The number of nitrogens with zero attached hydrogens (tertiary/aromatic N) is 1. The Kier molecular flexibility index (Phi) is 11.9. The summed E-state index contributed by atoms with van der Waals surface area (Å²) < 4.78 is 5.68. The molecule has 0 aromatic heterocycles. The molecule has 1 aliphatic rings. The van der Waals surface area contributed by atoms with Gasteiger partial charge in [0.15, 0.2) is 5.41 Å². The number of ether oxygens (including phenoxy) is 1. The fraction of sp³-hybridized carbons (Fsp3) is 0.724. The van der Waals surface area contributed by atoms with Gasteiger partial charge >= 0.3 is 5.97 Å². The third-order valence-corrected chi connectivity index (χ3v) is 7.37. The number of rotatable bonds is 14. The molecule has 0 spiro atoms. The van der Waals surface area contributed by atoms with E-state index in [0.717, 1.165) is 25.7 Å². The highest BCUT2D eigenvalue weighted by atomic mass is 16.5.